The summed E-state index contributed by atoms with van der Waals surface area (Å²) in [5.41, 5.74) is 5.63. The Hall–Kier alpha value is -0.320. The zero-order valence-electron chi connectivity index (χ0n) is 12.6. The van der Waals surface area contributed by atoms with Gasteiger partial charge >= 0.3 is 0 Å². The lowest BCUT2D eigenvalue weighted by Crippen LogP contribution is -2.44. The third-order valence-corrected chi connectivity index (χ3v) is 4.49. The number of hydrogen-bond acceptors (Lipinski definition) is 3. The maximum atomic E-state index is 12.5. The van der Waals surface area contributed by atoms with Crippen LogP contribution < -0.4 is 5.73 Å². The Morgan fingerprint density at radius 1 is 1.25 bits per heavy atom. The molecule has 0 aromatic heterocycles. The van der Waals surface area contributed by atoms with Gasteiger partial charge in [0.1, 0.15) is 0 Å². The lowest BCUT2D eigenvalue weighted by molar-refractivity contribution is -0.137. The van der Waals surface area contributed by atoms with Gasteiger partial charge in [0.05, 0.1) is 12.5 Å². The molecule has 1 atom stereocenters. The van der Waals surface area contributed by atoms with E-state index in [0.717, 1.165) is 12.5 Å². The Morgan fingerprint density at radius 2 is 1.90 bits per heavy atom. The van der Waals surface area contributed by atoms with Crippen molar-refractivity contribution in [1.82, 2.24) is 4.90 Å². The van der Waals surface area contributed by atoms with Crippen molar-refractivity contribution < 1.29 is 9.53 Å². The van der Waals surface area contributed by atoms with Gasteiger partial charge in [-0.15, -0.1) is 12.4 Å². The SMILES string of the molecule is COC(CN)CC(=O)N(CC1CC1)C1CCCCC1.Cl. The van der Waals surface area contributed by atoms with Crippen molar-refractivity contribution in [3.05, 3.63) is 0 Å². The molecule has 2 aliphatic rings. The van der Waals surface area contributed by atoms with E-state index in [2.05, 4.69) is 4.90 Å². The van der Waals surface area contributed by atoms with Gasteiger partial charge in [-0.05, 0) is 31.6 Å². The molecular formula is C15H29ClN2O2. The molecule has 0 saturated heterocycles. The van der Waals surface area contributed by atoms with Crippen LogP contribution in [0, 0.1) is 5.92 Å². The molecule has 2 saturated carbocycles. The lowest BCUT2D eigenvalue weighted by atomic mass is 9.93. The predicted octanol–water partition coefficient (Wildman–Crippen LogP) is 2.34. The number of rotatable bonds is 7. The van der Waals surface area contributed by atoms with E-state index in [-0.39, 0.29) is 24.4 Å². The second kappa shape index (κ2) is 8.85. The van der Waals surface area contributed by atoms with Crippen LogP contribution in [-0.4, -0.2) is 43.2 Å². The van der Waals surface area contributed by atoms with Crippen molar-refractivity contribution in [2.24, 2.45) is 11.7 Å². The zero-order valence-corrected chi connectivity index (χ0v) is 13.4. The highest BCUT2D eigenvalue weighted by Crippen LogP contribution is 2.33. The summed E-state index contributed by atoms with van der Waals surface area (Å²) in [6.07, 6.45) is 9.12. The summed E-state index contributed by atoms with van der Waals surface area (Å²) in [6.45, 7) is 1.38. The van der Waals surface area contributed by atoms with Crippen LogP contribution >= 0.6 is 12.4 Å². The fourth-order valence-electron chi connectivity index (χ4n) is 3.00. The van der Waals surface area contributed by atoms with Crippen LogP contribution in [-0.2, 0) is 9.53 Å². The van der Waals surface area contributed by atoms with Crippen molar-refractivity contribution in [1.29, 1.82) is 0 Å². The van der Waals surface area contributed by atoms with Crippen molar-refractivity contribution in [2.75, 3.05) is 20.2 Å². The number of carbonyl (C=O) groups excluding carboxylic acids is 1. The Morgan fingerprint density at radius 3 is 2.40 bits per heavy atom. The number of nitrogens with zero attached hydrogens (tertiary/aromatic N) is 1. The molecular weight excluding hydrogens is 276 g/mol. The molecule has 1 amide bonds. The molecule has 2 rings (SSSR count). The largest absolute Gasteiger partial charge is 0.380 e. The molecule has 0 bridgehead atoms. The first-order valence-electron chi connectivity index (χ1n) is 7.77. The minimum atomic E-state index is -0.127. The molecule has 1 unspecified atom stereocenters. The van der Waals surface area contributed by atoms with Gasteiger partial charge in [0.15, 0.2) is 0 Å². The molecule has 0 spiro atoms. The van der Waals surface area contributed by atoms with Crippen LogP contribution in [0.1, 0.15) is 51.4 Å². The maximum absolute atomic E-state index is 12.5. The second-order valence-corrected chi connectivity index (χ2v) is 6.08. The van der Waals surface area contributed by atoms with E-state index in [4.69, 9.17) is 10.5 Å². The number of ether oxygens (including phenoxy) is 1. The highest BCUT2D eigenvalue weighted by Gasteiger charge is 2.32. The summed E-state index contributed by atoms with van der Waals surface area (Å²) < 4.78 is 5.26. The quantitative estimate of drug-likeness (QED) is 0.785. The number of carbonyl (C=O) groups is 1. The number of methoxy groups -OCH3 is 1. The third kappa shape index (κ3) is 5.23. The van der Waals surface area contributed by atoms with Crippen LogP contribution in [0.5, 0.6) is 0 Å². The molecule has 2 N–H and O–H groups in total. The number of nitrogens with two attached hydrogens (primary N) is 1. The fourth-order valence-corrected chi connectivity index (χ4v) is 3.00. The van der Waals surface area contributed by atoms with Crippen LogP contribution in [0.25, 0.3) is 0 Å². The van der Waals surface area contributed by atoms with Crippen molar-refractivity contribution in [2.45, 2.75) is 63.5 Å². The Bertz CT molecular complexity index is 288. The summed E-state index contributed by atoms with van der Waals surface area (Å²) in [5, 5.41) is 0. The summed E-state index contributed by atoms with van der Waals surface area (Å²) in [7, 11) is 1.64. The molecule has 4 nitrogen and oxygen atoms in total. The van der Waals surface area contributed by atoms with Crippen molar-refractivity contribution in [3.63, 3.8) is 0 Å². The molecule has 0 aromatic rings. The number of hydrogen-bond donors (Lipinski definition) is 1. The molecule has 5 heteroatoms. The molecule has 2 aliphatic carbocycles. The summed E-state index contributed by atoms with van der Waals surface area (Å²) in [4.78, 5) is 14.7. The van der Waals surface area contributed by atoms with Crippen LogP contribution in [0.2, 0.25) is 0 Å². The molecule has 0 aliphatic heterocycles. The first-order valence-corrected chi connectivity index (χ1v) is 7.77. The number of amides is 1. The summed E-state index contributed by atoms with van der Waals surface area (Å²) >= 11 is 0. The van der Waals surface area contributed by atoms with Gasteiger partial charge in [0, 0.05) is 26.2 Å². The van der Waals surface area contributed by atoms with Crippen LogP contribution in [0.4, 0.5) is 0 Å². The van der Waals surface area contributed by atoms with Gasteiger partial charge in [-0.1, -0.05) is 19.3 Å². The van der Waals surface area contributed by atoms with E-state index in [1.54, 1.807) is 7.11 Å². The van der Waals surface area contributed by atoms with Gasteiger partial charge in [0.25, 0.3) is 0 Å². The van der Waals surface area contributed by atoms with E-state index in [9.17, 15) is 4.79 Å². The standard InChI is InChI=1S/C15H28N2O2.ClH/c1-19-14(10-16)9-15(18)17(11-12-7-8-12)13-5-3-2-4-6-13;/h12-14H,2-11,16H2,1H3;1H. The van der Waals surface area contributed by atoms with Gasteiger partial charge in [0.2, 0.25) is 5.91 Å². The van der Waals surface area contributed by atoms with Crippen molar-refractivity contribution in [3.8, 4) is 0 Å². The van der Waals surface area contributed by atoms with E-state index >= 15 is 0 Å². The molecule has 2 fully saturated rings. The van der Waals surface area contributed by atoms with E-state index in [1.165, 1.54) is 44.9 Å². The average Bonchev–Trinajstić information content (AvgIpc) is 3.27. The van der Waals surface area contributed by atoms with Gasteiger partial charge in [-0.2, -0.15) is 0 Å². The van der Waals surface area contributed by atoms with Crippen LogP contribution in [0.3, 0.4) is 0 Å². The molecule has 0 aromatic carbocycles. The Labute approximate surface area is 128 Å². The monoisotopic (exact) mass is 304 g/mol. The number of halogens is 1. The highest BCUT2D eigenvalue weighted by molar-refractivity contribution is 5.85. The second-order valence-electron chi connectivity index (χ2n) is 6.08. The lowest BCUT2D eigenvalue weighted by Gasteiger charge is -2.35. The van der Waals surface area contributed by atoms with E-state index in [0.29, 0.717) is 19.0 Å². The van der Waals surface area contributed by atoms with E-state index < -0.39 is 0 Å². The van der Waals surface area contributed by atoms with Crippen molar-refractivity contribution >= 4 is 18.3 Å². The molecule has 118 valence electrons. The summed E-state index contributed by atoms with van der Waals surface area (Å²) in [6, 6.07) is 0.470. The molecule has 0 heterocycles. The molecule has 0 radical (unpaired) electrons. The Kier molecular flexibility index (Phi) is 7.85. The minimum Gasteiger partial charge on any atom is -0.380 e. The van der Waals surface area contributed by atoms with E-state index in [1.807, 2.05) is 0 Å². The van der Waals surface area contributed by atoms with Crippen LogP contribution in [0.15, 0.2) is 0 Å². The Balaban J connectivity index is 0.00000200. The fraction of sp³-hybridized carbons (Fsp3) is 0.933. The minimum absolute atomic E-state index is 0. The smallest absolute Gasteiger partial charge is 0.225 e. The molecule has 20 heavy (non-hydrogen) atoms. The first kappa shape index (κ1) is 17.7. The first-order chi connectivity index (χ1) is 9.24. The van der Waals surface area contributed by atoms with Gasteiger partial charge in [-0.3, -0.25) is 4.79 Å². The van der Waals surface area contributed by atoms with Gasteiger partial charge in [-0.25, -0.2) is 0 Å². The normalized spacial score (nSPS) is 21.1. The highest BCUT2D eigenvalue weighted by atomic mass is 35.5. The summed E-state index contributed by atoms with van der Waals surface area (Å²) in [5.74, 6) is 1.00. The zero-order chi connectivity index (χ0) is 13.7. The predicted molar refractivity (Wildman–Crippen MR) is 83.0 cm³/mol. The third-order valence-electron chi connectivity index (χ3n) is 4.49. The topological polar surface area (TPSA) is 55.6 Å². The van der Waals surface area contributed by atoms with Gasteiger partial charge < -0.3 is 15.4 Å². The maximum Gasteiger partial charge on any atom is 0.225 e. The average molecular weight is 305 g/mol.